The summed E-state index contributed by atoms with van der Waals surface area (Å²) in [4.78, 5) is 22.1. The summed E-state index contributed by atoms with van der Waals surface area (Å²) in [6, 6.07) is 0. The second kappa shape index (κ2) is 7.81. The highest BCUT2D eigenvalue weighted by Gasteiger charge is 2.29. The van der Waals surface area contributed by atoms with Crippen LogP contribution >= 0.6 is 0 Å². The van der Waals surface area contributed by atoms with Crippen LogP contribution in [0.3, 0.4) is 0 Å². The van der Waals surface area contributed by atoms with E-state index in [9.17, 15) is 9.59 Å². The van der Waals surface area contributed by atoms with Gasteiger partial charge in [0.1, 0.15) is 6.10 Å². The first-order valence-electron chi connectivity index (χ1n) is 5.10. The summed E-state index contributed by atoms with van der Waals surface area (Å²) in [5.74, 6) is -2.01. The lowest BCUT2D eigenvalue weighted by Crippen LogP contribution is -2.38. The van der Waals surface area contributed by atoms with E-state index in [1.807, 2.05) is 0 Å². The molecule has 0 rings (SSSR count). The van der Waals surface area contributed by atoms with Gasteiger partial charge in [0.25, 0.3) is 0 Å². The van der Waals surface area contributed by atoms with Gasteiger partial charge in [-0.15, -0.1) is 0 Å². The number of carboxylic acids is 1. The topological polar surface area (TPSA) is 82.1 Å². The first kappa shape index (κ1) is 15.6. The third-order valence-corrected chi connectivity index (χ3v) is 1.92. The zero-order valence-electron chi connectivity index (χ0n) is 10.3. The molecule has 0 aliphatic carbocycles. The van der Waals surface area contributed by atoms with Crippen molar-refractivity contribution in [2.45, 2.75) is 26.1 Å². The molecule has 2 atom stereocenters. The lowest BCUT2D eigenvalue weighted by Gasteiger charge is -2.20. The van der Waals surface area contributed by atoms with Crippen molar-refractivity contribution in [2.75, 3.05) is 20.3 Å². The van der Waals surface area contributed by atoms with Crippen molar-refractivity contribution >= 4 is 11.9 Å². The summed E-state index contributed by atoms with van der Waals surface area (Å²) in [6.45, 7) is 6.90. The number of carboxylic acid groups (broad SMARTS) is 1. The quantitative estimate of drug-likeness (QED) is 0.384. The predicted octanol–water partition coefficient (Wildman–Crippen LogP) is 0.610. The van der Waals surface area contributed by atoms with Crippen LogP contribution in [0.5, 0.6) is 0 Å². The molecular weight excluding hydrogens is 228 g/mol. The van der Waals surface area contributed by atoms with Crippen molar-refractivity contribution in [1.29, 1.82) is 0 Å². The van der Waals surface area contributed by atoms with E-state index in [2.05, 4.69) is 6.58 Å². The minimum Gasteiger partial charge on any atom is -0.478 e. The maximum Gasteiger partial charge on any atom is 0.347 e. The number of aliphatic carboxylic acids is 1. The largest absolute Gasteiger partial charge is 0.478 e. The molecule has 2 unspecified atom stereocenters. The zero-order valence-corrected chi connectivity index (χ0v) is 10.3. The Kier molecular flexibility index (Phi) is 7.16. The van der Waals surface area contributed by atoms with E-state index in [4.69, 9.17) is 19.3 Å². The number of esters is 1. The van der Waals surface area contributed by atoms with Gasteiger partial charge in [-0.3, -0.25) is 0 Å². The number of rotatable bonds is 8. The lowest BCUT2D eigenvalue weighted by atomic mass is 10.2. The number of hydrogen-bond donors (Lipinski definition) is 1. The number of hydrogen-bond acceptors (Lipinski definition) is 5. The molecule has 0 fully saturated rings. The Hall–Kier alpha value is -1.40. The molecule has 0 saturated heterocycles. The van der Waals surface area contributed by atoms with Crippen LogP contribution in [0.2, 0.25) is 0 Å². The number of methoxy groups -OCH3 is 1. The third kappa shape index (κ3) is 6.03. The van der Waals surface area contributed by atoms with Crippen LogP contribution < -0.4 is 0 Å². The summed E-state index contributed by atoms with van der Waals surface area (Å²) in [7, 11) is 1.50. The molecule has 98 valence electrons. The maximum absolute atomic E-state index is 11.2. The molecule has 0 heterocycles. The van der Waals surface area contributed by atoms with Crippen LogP contribution in [0.15, 0.2) is 12.2 Å². The summed E-state index contributed by atoms with van der Waals surface area (Å²) in [5, 5.41) is 8.91. The van der Waals surface area contributed by atoms with Crippen LogP contribution in [0, 0.1) is 0 Å². The molecule has 0 aliphatic rings. The third-order valence-electron chi connectivity index (χ3n) is 1.92. The highest BCUT2D eigenvalue weighted by molar-refractivity contribution is 5.89. The molecule has 0 spiro atoms. The fourth-order valence-electron chi connectivity index (χ4n) is 0.968. The van der Waals surface area contributed by atoms with Crippen LogP contribution in [0.1, 0.15) is 13.8 Å². The van der Waals surface area contributed by atoms with E-state index in [1.165, 1.54) is 21.0 Å². The van der Waals surface area contributed by atoms with Crippen molar-refractivity contribution < 1.29 is 28.9 Å². The Balaban J connectivity index is 4.36. The van der Waals surface area contributed by atoms with E-state index >= 15 is 0 Å². The average Bonchev–Trinajstić information content (AvgIpc) is 2.24. The molecule has 0 aromatic heterocycles. The first-order valence-corrected chi connectivity index (χ1v) is 5.10. The Labute approximate surface area is 100 Å². The van der Waals surface area contributed by atoms with Gasteiger partial charge in [-0.2, -0.15) is 0 Å². The highest BCUT2D eigenvalue weighted by Crippen LogP contribution is 2.07. The molecule has 17 heavy (non-hydrogen) atoms. The van der Waals surface area contributed by atoms with Crippen molar-refractivity contribution in [2.24, 2.45) is 0 Å². The predicted molar refractivity (Wildman–Crippen MR) is 59.6 cm³/mol. The van der Waals surface area contributed by atoms with Crippen molar-refractivity contribution in [3.8, 4) is 0 Å². The van der Waals surface area contributed by atoms with Crippen LogP contribution in [0.4, 0.5) is 0 Å². The van der Waals surface area contributed by atoms with Crippen molar-refractivity contribution in [3.05, 3.63) is 12.2 Å². The highest BCUT2D eigenvalue weighted by atomic mass is 16.6. The molecule has 0 amide bonds. The maximum atomic E-state index is 11.2. The van der Waals surface area contributed by atoms with Crippen molar-refractivity contribution in [1.82, 2.24) is 0 Å². The second-order valence-corrected chi connectivity index (χ2v) is 3.51. The molecule has 0 bridgehead atoms. The summed E-state index contributed by atoms with van der Waals surface area (Å²) in [5.41, 5.74) is 0.139. The Morgan fingerprint density at radius 1 is 1.35 bits per heavy atom. The summed E-state index contributed by atoms with van der Waals surface area (Å²) >= 11 is 0. The van der Waals surface area contributed by atoms with Gasteiger partial charge in [0.2, 0.25) is 6.10 Å². The van der Waals surface area contributed by atoms with Gasteiger partial charge in [-0.1, -0.05) is 6.58 Å². The number of carbonyl (C=O) groups is 2. The van der Waals surface area contributed by atoms with E-state index in [0.717, 1.165) is 0 Å². The first-order chi connectivity index (χ1) is 7.90. The molecule has 0 aromatic carbocycles. The van der Waals surface area contributed by atoms with Gasteiger partial charge < -0.3 is 19.3 Å². The smallest absolute Gasteiger partial charge is 0.347 e. The Morgan fingerprint density at radius 3 is 2.35 bits per heavy atom. The fraction of sp³-hybridized carbons (Fsp3) is 0.636. The van der Waals surface area contributed by atoms with E-state index in [0.29, 0.717) is 6.61 Å². The van der Waals surface area contributed by atoms with Crippen molar-refractivity contribution in [3.63, 3.8) is 0 Å². The van der Waals surface area contributed by atoms with Crippen LogP contribution in [-0.4, -0.2) is 49.6 Å². The van der Waals surface area contributed by atoms with Gasteiger partial charge >= 0.3 is 11.9 Å². The molecule has 0 radical (unpaired) electrons. The monoisotopic (exact) mass is 246 g/mol. The fourth-order valence-corrected chi connectivity index (χ4v) is 0.968. The molecule has 1 N–H and O–H groups in total. The molecular formula is C11H18O6. The minimum absolute atomic E-state index is 0.139. The molecule has 0 aliphatic heterocycles. The second-order valence-electron chi connectivity index (χ2n) is 3.51. The van der Waals surface area contributed by atoms with Gasteiger partial charge in [-0.25, -0.2) is 9.59 Å². The van der Waals surface area contributed by atoms with E-state index in [-0.39, 0.29) is 12.2 Å². The minimum atomic E-state index is -1.35. The Bertz CT molecular complexity index is 286. The molecule has 0 saturated carbocycles. The van der Waals surface area contributed by atoms with E-state index in [1.54, 1.807) is 0 Å². The Morgan fingerprint density at radius 2 is 1.94 bits per heavy atom. The SMILES string of the molecule is C=C(C)C(=O)OC(C(=O)O)C(C)OCCOC. The number of ether oxygens (including phenoxy) is 3. The molecule has 6 nitrogen and oxygen atoms in total. The summed E-state index contributed by atoms with van der Waals surface area (Å²) in [6.07, 6.45) is -2.11. The molecule has 0 aromatic rings. The zero-order chi connectivity index (χ0) is 13.4. The normalized spacial score (nSPS) is 13.8. The van der Waals surface area contributed by atoms with Gasteiger partial charge in [0.05, 0.1) is 13.2 Å². The van der Waals surface area contributed by atoms with E-state index < -0.39 is 24.1 Å². The van der Waals surface area contributed by atoms with Crippen LogP contribution in [-0.2, 0) is 23.8 Å². The van der Waals surface area contributed by atoms with Gasteiger partial charge in [0.15, 0.2) is 0 Å². The average molecular weight is 246 g/mol. The van der Waals surface area contributed by atoms with Crippen LogP contribution in [0.25, 0.3) is 0 Å². The lowest BCUT2D eigenvalue weighted by molar-refractivity contribution is -0.171. The number of carbonyl (C=O) groups excluding carboxylic acids is 1. The molecule has 6 heteroatoms. The summed E-state index contributed by atoms with van der Waals surface area (Å²) < 4.78 is 14.7. The van der Waals surface area contributed by atoms with Gasteiger partial charge in [0, 0.05) is 12.7 Å². The van der Waals surface area contributed by atoms with Gasteiger partial charge in [-0.05, 0) is 13.8 Å². The standard InChI is InChI=1S/C11H18O6/c1-7(2)11(14)17-9(10(12)13)8(3)16-6-5-15-4/h8-9H,1,5-6H2,2-4H3,(H,12,13).